The molecule has 0 fully saturated rings. The molecule has 96 valence electrons. The van der Waals surface area contributed by atoms with Gasteiger partial charge in [-0.1, -0.05) is 0 Å². The second kappa shape index (κ2) is 4.90. The van der Waals surface area contributed by atoms with Crippen molar-refractivity contribution in [3.63, 3.8) is 0 Å². The van der Waals surface area contributed by atoms with E-state index in [1.807, 2.05) is 19.1 Å². The molecule has 2 aromatic rings. The van der Waals surface area contributed by atoms with Crippen LogP contribution < -0.4 is 5.32 Å². The second-order valence-corrected chi connectivity index (χ2v) is 5.55. The Morgan fingerprint density at radius 1 is 1.56 bits per heavy atom. The van der Waals surface area contributed by atoms with Gasteiger partial charge >= 0.3 is 0 Å². The maximum absolute atomic E-state index is 5.48. The van der Waals surface area contributed by atoms with E-state index in [-0.39, 0.29) is 0 Å². The third-order valence-electron chi connectivity index (χ3n) is 3.31. The molecule has 4 nitrogen and oxygen atoms in total. The number of nitrogens with zero attached hydrogens (tertiary/aromatic N) is 2. The van der Waals surface area contributed by atoms with Crippen LogP contribution in [0.1, 0.15) is 23.7 Å². The first-order valence-electron chi connectivity index (χ1n) is 6.21. The Morgan fingerprint density at radius 2 is 2.44 bits per heavy atom. The number of aryl methyl sites for hydroxylation is 2. The van der Waals surface area contributed by atoms with Crippen molar-refractivity contribution < 1.29 is 4.42 Å². The van der Waals surface area contributed by atoms with Gasteiger partial charge in [-0.25, -0.2) is 4.98 Å². The van der Waals surface area contributed by atoms with Crippen LogP contribution in [0.15, 0.2) is 27.4 Å². The van der Waals surface area contributed by atoms with E-state index in [1.165, 1.54) is 5.82 Å². The van der Waals surface area contributed by atoms with E-state index >= 15 is 0 Å². The highest BCUT2D eigenvalue weighted by Crippen LogP contribution is 2.17. The predicted octanol–water partition coefficient (Wildman–Crippen LogP) is 2.65. The van der Waals surface area contributed by atoms with Crippen molar-refractivity contribution in [1.82, 2.24) is 14.9 Å². The zero-order valence-corrected chi connectivity index (χ0v) is 11.9. The highest BCUT2D eigenvalue weighted by Gasteiger charge is 2.19. The van der Waals surface area contributed by atoms with Crippen molar-refractivity contribution in [3.8, 4) is 0 Å². The van der Waals surface area contributed by atoms with Crippen LogP contribution in [-0.2, 0) is 19.5 Å². The number of nitrogens with one attached hydrogen (secondary N) is 1. The van der Waals surface area contributed by atoms with Crippen molar-refractivity contribution >= 4 is 15.9 Å². The molecular weight excluding hydrogens is 294 g/mol. The van der Waals surface area contributed by atoms with Gasteiger partial charge in [-0.15, -0.1) is 0 Å². The van der Waals surface area contributed by atoms with Crippen molar-refractivity contribution in [2.75, 3.05) is 0 Å². The Morgan fingerprint density at radius 3 is 3.22 bits per heavy atom. The van der Waals surface area contributed by atoms with Crippen molar-refractivity contribution in [2.45, 2.75) is 38.9 Å². The summed E-state index contributed by atoms with van der Waals surface area (Å²) in [7, 11) is 0. The molecule has 0 saturated heterocycles. The van der Waals surface area contributed by atoms with E-state index in [0.29, 0.717) is 6.04 Å². The smallest absolute Gasteiger partial charge is 0.169 e. The molecule has 0 saturated carbocycles. The van der Waals surface area contributed by atoms with Crippen LogP contribution in [0.5, 0.6) is 0 Å². The van der Waals surface area contributed by atoms with E-state index in [2.05, 4.69) is 37.0 Å². The molecule has 0 bridgehead atoms. The molecule has 5 heteroatoms. The van der Waals surface area contributed by atoms with Crippen LogP contribution in [0.25, 0.3) is 0 Å². The zero-order chi connectivity index (χ0) is 12.5. The highest BCUT2D eigenvalue weighted by molar-refractivity contribution is 9.10. The topological polar surface area (TPSA) is 43.0 Å². The summed E-state index contributed by atoms with van der Waals surface area (Å²) in [4.78, 5) is 4.52. The first-order valence-corrected chi connectivity index (χ1v) is 7.00. The van der Waals surface area contributed by atoms with E-state index in [0.717, 1.165) is 42.1 Å². The molecule has 1 aliphatic rings. The lowest BCUT2D eigenvalue weighted by Crippen LogP contribution is -2.36. The predicted molar refractivity (Wildman–Crippen MR) is 72.3 cm³/mol. The van der Waals surface area contributed by atoms with Gasteiger partial charge < -0.3 is 14.3 Å². The molecule has 0 amide bonds. The van der Waals surface area contributed by atoms with Crippen molar-refractivity contribution in [1.29, 1.82) is 0 Å². The molecule has 3 heterocycles. The number of imidazole rings is 1. The summed E-state index contributed by atoms with van der Waals surface area (Å²) in [6.07, 6.45) is 4.32. The first-order chi connectivity index (χ1) is 8.70. The van der Waals surface area contributed by atoms with Gasteiger partial charge in [0.15, 0.2) is 4.67 Å². The number of halogens is 1. The van der Waals surface area contributed by atoms with Crippen LogP contribution in [0.4, 0.5) is 0 Å². The molecule has 1 N–H and O–H groups in total. The summed E-state index contributed by atoms with van der Waals surface area (Å²) in [6, 6.07) is 4.41. The number of hydrogen-bond donors (Lipinski definition) is 1. The largest absolute Gasteiger partial charge is 0.453 e. The van der Waals surface area contributed by atoms with Gasteiger partial charge in [-0.2, -0.15) is 0 Å². The lowest BCUT2D eigenvalue weighted by Gasteiger charge is -2.24. The van der Waals surface area contributed by atoms with E-state index in [1.54, 1.807) is 0 Å². The summed E-state index contributed by atoms with van der Waals surface area (Å²) in [5.74, 6) is 2.18. The first kappa shape index (κ1) is 12.0. The molecule has 0 unspecified atom stereocenters. The number of rotatable bonds is 3. The van der Waals surface area contributed by atoms with Crippen molar-refractivity contribution in [2.24, 2.45) is 0 Å². The molecule has 2 aromatic heterocycles. The maximum Gasteiger partial charge on any atom is 0.169 e. The average Bonchev–Trinajstić information content (AvgIpc) is 2.90. The molecule has 0 radical (unpaired) electrons. The Labute approximate surface area is 115 Å². The van der Waals surface area contributed by atoms with Crippen LogP contribution in [0.2, 0.25) is 0 Å². The summed E-state index contributed by atoms with van der Waals surface area (Å²) >= 11 is 3.32. The van der Waals surface area contributed by atoms with Gasteiger partial charge in [0.05, 0.1) is 12.2 Å². The van der Waals surface area contributed by atoms with Crippen LogP contribution in [0.3, 0.4) is 0 Å². The Hall–Kier alpha value is -1.07. The van der Waals surface area contributed by atoms with Gasteiger partial charge in [0, 0.05) is 25.2 Å². The quantitative estimate of drug-likeness (QED) is 0.948. The molecule has 1 atom stereocenters. The molecule has 18 heavy (non-hydrogen) atoms. The van der Waals surface area contributed by atoms with Crippen LogP contribution >= 0.6 is 15.9 Å². The monoisotopic (exact) mass is 309 g/mol. The zero-order valence-electron chi connectivity index (χ0n) is 10.3. The molecule has 0 aliphatic carbocycles. The number of hydrogen-bond acceptors (Lipinski definition) is 3. The summed E-state index contributed by atoms with van der Waals surface area (Å²) in [5, 5.41) is 3.54. The Bertz CT molecular complexity index is 546. The average molecular weight is 310 g/mol. The number of aromatic nitrogens is 2. The van der Waals surface area contributed by atoms with E-state index in [9.17, 15) is 0 Å². The summed E-state index contributed by atoms with van der Waals surface area (Å²) in [5.41, 5.74) is 1.11. The minimum atomic E-state index is 0.495. The third kappa shape index (κ3) is 2.52. The van der Waals surface area contributed by atoms with Gasteiger partial charge in [0.25, 0.3) is 0 Å². The fraction of sp³-hybridized carbons (Fsp3) is 0.462. The molecule has 3 rings (SSSR count). The summed E-state index contributed by atoms with van der Waals surface area (Å²) < 4.78 is 8.53. The van der Waals surface area contributed by atoms with E-state index < -0.39 is 0 Å². The molecule has 1 aliphatic heterocycles. The minimum Gasteiger partial charge on any atom is -0.453 e. The normalized spacial score (nSPS) is 18.9. The van der Waals surface area contributed by atoms with Gasteiger partial charge in [-0.05, 0) is 41.4 Å². The Balaban J connectivity index is 1.59. The Kier molecular flexibility index (Phi) is 3.26. The SMILES string of the molecule is Cc1cn2c(n1)CC[C@H](NCc1ccc(Br)o1)C2. The standard InChI is InChI=1S/C13H16BrN3O/c1-9-7-17-8-10(2-5-13(17)16-9)15-6-11-3-4-12(14)18-11/h3-4,7,10,15H,2,5-6,8H2,1H3/t10-/m0/s1. The van der Waals surface area contributed by atoms with Gasteiger partial charge in [0.1, 0.15) is 11.6 Å². The second-order valence-electron chi connectivity index (χ2n) is 4.77. The summed E-state index contributed by atoms with van der Waals surface area (Å²) in [6.45, 7) is 3.82. The molecular formula is C13H16BrN3O. The highest BCUT2D eigenvalue weighted by atomic mass is 79.9. The van der Waals surface area contributed by atoms with Crippen LogP contribution in [-0.4, -0.2) is 15.6 Å². The van der Waals surface area contributed by atoms with Crippen molar-refractivity contribution in [3.05, 3.63) is 40.3 Å². The van der Waals surface area contributed by atoms with Gasteiger partial charge in [0.2, 0.25) is 0 Å². The lowest BCUT2D eigenvalue weighted by atomic mass is 10.1. The fourth-order valence-electron chi connectivity index (χ4n) is 2.44. The third-order valence-corrected chi connectivity index (χ3v) is 3.73. The lowest BCUT2D eigenvalue weighted by molar-refractivity contribution is 0.359. The van der Waals surface area contributed by atoms with Crippen LogP contribution in [0, 0.1) is 6.92 Å². The number of fused-ring (bicyclic) bond motifs is 1. The fourth-order valence-corrected chi connectivity index (χ4v) is 2.78. The molecule has 0 spiro atoms. The molecule has 0 aromatic carbocycles. The minimum absolute atomic E-state index is 0.495. The maximum atomic E-state index is 5.48. The number of furan rings is 1. The van der Waals surface area contributed by atoms with Gasteiger partial charge in [-0.3, -0.25) is 0 Å². The van der Waals surface area contributed by atoms with E-state index in [4.69, 9.17) is 4.42 Å².